The standard InChI is InChI=1S/C15H18O2/c1-8-4-7-12-10(3)15(16)17-14(12)13-9(2)5-6-11(8)13/h4,11-14H,2-3,5-7H2,1H3/t11-,12+,13+,14+/m1/s1. The molecule has 0 aromatic rings. The van der Waals surface area contributed by atoms with E-state index < -0.39 is 0 Å². The number of hydrogen-bond donors (Lipinski definition) is 0. The van der Waals surface area contributed by atoms with Crippen LogP contribution in [-0.4, -0.2) is 12.1 Å². The van der Waals surface area contributed by atoms with Crippen LogP contribution < -0.4 is 0 Å². The Labute approximate surface area is 102 Å². The molecule has 0 radical (unpaired) electrons. The third-order valence-corrected chi connectivity index (χ3v) is 4.66. The van der Waals surface area contributed by atoms with E-state index in [2.05, 4.69) is 26.2 Å². The van der Waals surface area contributed by atoms with Crippen LogP contribution in [-0.2, 0) is 9.53 Å². The highest BCUT2D eigenvalue weighted by molar-refractivity contribution is 5.91. The lowest BCUT2D eigenvalue weighted by atomic mass is 9.81. The van der Waals surface area contributed by atoms with Crippen LogP contribution in [0, 0.1) is 17.8 Å². The van der Waals surface area contributed by atoms with E-state index in [-0.39, 0.29) is 18.0 Å². The number of esters is 1. The van der Waals surface area contributed by atoms with Gasteiger partial charge in [-0.2, -0.15) is 0 Å². The molecular weight excluding hydrogens is 212 g/mol. The fourth-order valence-corrected chi connectivity index (χ4v) is 3.64. The summed E-state index contributed by atoms with van der Waals surface area (Å²) in [6, 6.07) is 0. The summed E-state index contributed by atoms with van der Waals surface area (Å²) in [6.07, 6.45) is 5.37. The summed E-state index contributed by atoms with van der Waals surface area (Å²) < 4.78 is 5.56. The van der Waals surface area contributed by atoms with Gasteiger partial charge in [-0.3, -0.25) is 0 Å². The van der Waals surface area contributed by atoms with Gasteiger partial charge in [-0.05, 0) is 32.1 Å². The molecule has 0 aromatic heterocycles. The van der Waals surface area contributed by atoms with Gasteiger partial charge in [0.25, 0.3) is 0 Å². The molecule has 4 atom stereocenters. The highest BCUT2D eigenvalue weighted by Gasteiger charge is 2.49. The van der Waals surface area contributed by atoms with Gasteiger partial charge in [-0.1, -0.05) is 30.4 Å². The lowest BCUT2D eigenvalue weighted by Gasteiger charge is -2.26. The molecule has 2 heteroatoms. The van der Waals surface area contributed by atoms with Crippen molar-refractivity contribution in [3.8, 4) is 0 Å². The maximum atomic E-state index is 11.7. The average molecular weight is 230 g/mol. The summed E-state index contributed by atoms with van der Waals surface area (Å²) in [5.74, 6) is 0.812. The van der Waals surface area contributed by atoms with Crippen LogP contribution in [0.3, 0.4) is 0 Å². The van der Waals surface area contributed by atoms with Gasteiger partial charge in [0.2, 0.25) is 0 Å². The zero-order valence-electron chi connectivity index (χ0n) is 10.2. The van der Waals surface area contributed by atoms with E-state index >= 15 is 0 Å². The molecular formula is C15H18O2. The van der Waals surface area contributed by atoms with E-state index in [0.717, 1.165) is 19.3 Å². The first-order valence-electron chi connectivity index (χ1n) is 6.33. The molecule has 0 amide bonds. The van der Waals surface area contributed by atoms with Crippen molar-refractivity contribution in [2.45, 2.75) is 32.3 Å². The van der Waals surface area contributed by atoms with Crippen LogP contribution in [0.1, 0.15) is 26.2 Å². The molecule has 1 saturated carbocycles. The van der Waals surface area contributed by atoms with Crippen molar-refractivity contribution in [3.05, 3.63) is 36.0 Å². The molecule has 3 rings (SSSR count). The zero-order valence-corrected chi connectivity index (χ0v) is 10.2. The van der Waals surface area contributed by atoms with Crippen LogP contribution in [0.4, 0.5) is 0 Å². The van der Waals surface area contributed by atoms with Crippen molar-refractivity contribution in [2.75, 3.05) is 0 Å². The Morgan fingerprint density at radius 2 is 2.12 bits per heavy atom. The molecule has 1 heterocycles. The monoisotopic (exact) mass is 230 g/mol. The number of rotatable bonds is 0. The quantitative estimate of drug-likeness (QED) is 0.363. The fourth-order valence-electron chi connectivity index (χ4n) is 3.64. The van der Waals surface area contributed by atoms with E-state index in [1.54, 1.807) is 0 Å². The first-order chi connectivity index (χ1) is 8.09. The van der Waals surface area contributed by atoms with E-state index in [1.165, 1.54) is 11.1 Å². The summed E-state index contributed by atoms with van der Waals surface area (Å²) in [6.45, 7) is 10.3. The predicted octanol–water partition coefficient (Wildman–Crippen LogP) is 3.02. The van der Waals surface area contributed by atoms with Crippen molar-refractivity contribution in [1.29, 1.82) is 0 Å². The lowest BCUT2D eigenvalue weighted by Crippen LogP contribution is -2.29. The number of hydrogen-bond acceptors (Lipinski definition) is 2. The Balaban J connectivity index is 2.03. The summed E-state index contributed by atoms with van der Waals surface area (Å²) in [7, 11) is 0. The molecule has 1 aliphatic heterocycles. The minimum atomic E-state index is -0.202. The zero-order chi connectivity index (χ0) is 12.2. The first kappa shape index (κ1) is 10.8. The van der Waals surface area contributed by atoms with Gasteiger partial charge < -0.3 is 4.74 Å². The van der Waals surface area contributed by atoms with Crippen LogP contribution in [0.25, 0.3) is 0 Å². The Hall–Kier alpha value is -1.31. The molecule has 0 bridgehead atoms. The molecule has 1 saturated heterocycles. The smallest absolute Gasteiger partial charge is 0.334 e. The third kappa shape index (κ3) is 1.43. The minimum Gasteiger partial charge on any atom is -0.458 e. The molecule has 0 spiro atoms. The highest BCUT2D eigenvalue weighted by Crippen LogP contribution is 2.50. The maximum absolute atomic E-state index is 11.7. The lowest BCUT2D eigenvalue weighted by molar-refractivity contribution is -0.141. The SMILES string of the molecule is C=C1CC[C@@H]2C(C)=CC[C@H]3C(=C)C(=O)O[C@@H]3[C@@H]12. The van der Waals surface area contributed by atoms with E-state index in [0.29, 0.717) is 17.4 Å². The van der Waals surface area contributed by atoms with Gasteiger partial charge in [0.1, 0.15) is 6.10 Å². The van der Waals surface area contributed by atoms with Crippen molar-refractivity contribution in [2.24, 2.45) is 17.8 Å². The molecule has 0 N–H and O–H groups in total. The van der Waals surface area contributed by atoms with E-state index in [9.17, 15) is 4.79 Å². The Morgan fingerprint density at radius 1 is 1.35 bits per heavy atom. The van der Waals surface area contributed by atoms with Crippen LogP contribution in [0.15, 0.2) is 36.0 Å². The van der Waals surface area contributed by atoms with Crippen molar-refractivity contribution in [1.82, 2.24) is 0 Å². The first-order valence-corrected chi connectivity index (χ1v) is 6.33. The summed E-state index contributed by atoms with van der Waals surface area (Å²) in [5.41, 5.74) is 3.34. The minimum absolute atomic E-state index is 0.0105. The molecule has 0 unspecified atom stereocenters. The van der Waals surface area contributed by atoms with Gasteiger partial charge in [0.05, 0.1) is 0 Å². The maximum Gasteiger partial charge on any atom is 0.334 e. The van der Waals surface area contributed by atoms with Gasteiger partial charge >= 0.3 is 5.97 Å². The second-order valence-electron chi connectivity index (χ2n) is 5.51. The number of allylic oxidation sites excluding steroid dienone is 2. The van der Waals surface area contributed by atoms with Crippen molar-refractivity contribution < 1.29 is 9.53 Å². The normalized spacial score (nSPS) is 40.5. The Bertz CT molecular complexity index is 444. The Morgan fingerprint density at radius 3 is 2.88 bits per heavy atom. The predicted molar refractivity (Wildman–Crippen MR) is 66.2 cm³/mol. The van der Waals surface area contributed by atoms with Crippen molar-refractivity contribution >= 4 is 5.97 Å². The van der Waals surface area contributed by atoms with Crippen LogP contribution >= 0.6 is 0 Å². The average Bonchev–Trinajstić information content (AvgIpc) is 2.75. The van der Waals surface area contributed by atoms with Gasteiger partial charge in [-0.15, -0.1) is 0 Å². The van der Waals surface area contributed by atoms with E-state index in [1.807, 2.05) is 0 Å². The van der Waals surface area contributed by atoms with Crippen LogP contribution in [0.5, 0.6) is 0 Å². The van der Waals surface area contributed by atoms with Crippen molar-refractivity contribution in [3.63, 3.8) is 0 Å². The molecule has 2 aliphatic carbocycles. The number of carbonyl (C=O) groups is 1. The fraction of sp³-hybridized carbons (Fsp3) is 0.533. The molecule has 2 nitrogen and oxygen atoms in total. The third-order valence-electron chi connectivity index (χ3n) is 4.66. The summed E-state index contributed by atoms with van der Waals surface area (Å²) >= 11 is 0. The van der Waals surface area contributed by atoms with E-state index in [4.69, 9.17) is 4.74 Å². The number of fused-ring (bicyclic) bond motifs is 3. The largest absolute Gasteiger partial charge is 0.458 e. The molecule has 2 fully saturated rings. The summed E-state index contributed by atoms with van der Waals surface area (Å²) in [5, 5.41) is 0. The number of ether oxygens (including phenoxy) is 1. The molecule has 0 aromatic carbocycles. The second kappa shape index (κ2) is 3.59. The number of carbonyl (C=O) groups excluding carboxylic acids is 1. The van der Waals surface area contributed by atoms with Gasteiger partial charge in [0.15, 0.2) is 0 Å². The topological polar surface area (TPSA) is 26.3 Å². The molecule has 17 heavy (non-hydrogen) atoms. The van der Waals surface area contributed by atoms with Gasteiger partial charge in [0, 0.05) is 17.4 Å². The summed E-state index contributed by atoms with van der Waals surface area (Å²) in [4.78, 5) is 11.7. The van der Waals surface area contributed by atoms with Gasteiger partial charge in [-0.25, -0.2) is 4.79 Å². The van der Waals surface area contributed by atoms with Crippen LogP contribution in [0.2, 0.25) is 0 Å². The molecule has 90 valence electrons. The second-order valence-corrected chi connectivity index (χ2v) is 5.51. The molecule has 3 aliphatic rings. The highest BCUT2D eigenvalue weighted by atomic mass is 16.6. The Kier molecular flexibility index (Phi) is 2.29.